The maximum Gasteiger partial charge on any atom is 0.240 e. The van der Waals surface area contributed by atoms with E-state index in [4.69, 9.17) is 5.26 Å². The molecule has 0 saturated carbocycles. The quantitative estimate of drug-likeness (QED) is 0.888. The lowest BCUT2D eigenvalue weighted by molar-refractivity contribution is 0.581. The Bertz CT molecular complexity index is 726. The molecule has 1 aromatic heterocycles. The van der Waals surface area contributed by atoms with Gasteiger partial charge in [-0.2, -0.15) is 10.4 Å². The molecule has 0 spiro atoms. The third-order valence-corrected chi connectivity index (χ3v) is 4.16. The Morgan fingerprint density at radius 1 is 1.30 bits per heavy atom. The highest BCUT2D eigenvalue weighted by atomic mass is 32.2. The monoisotopic (exact) mass is 290 g/mol. The van der Waals surface area contributed by atoms with Crippen LogP contribution in [0.1, 0.15) is 11.1 Å². The average Bonchev–Trinajstić information content (AvgIpc) is 2.84. The lowest BCUT2D eigenvalue weighted by atomic mass is 10.2. The van der Waals surface area contributed by atoms with Crippen LogP contribution in [0.4, 0.5) is 0 Å². The van der Waals surface area contributed by atoms with Gasteiger partial charge in [-0.3, -0.25) is 4.68 Å². The SMILES string of the molecule is Cn1cc(CNS(=O)(=O)c2ccc(CC#N)cc2)cn1. The van der Waals surface area contributed by atoms with Crippen LogP contribution in [0, 0.1) is 11.3 Å². The second-order valence-electron chi connectivity index (χ2n) is 4.33. The van der Waals surface area contributed by atoms with E-state index in [1.165, 1.54) is 12.1 Å². The maximum absolute atomic E-state index is 12.1. The summed E-state index contributed by atoms with van der Waals surface area (Å²) in [5.41, 5.74) is 1.58. The van der Waals surface area contributed by atoms with E-state index in [-0.39, 0.29) is 17.9 Å². The minimum atomic E-state index is -3.55. The van der Waals surface area contributed by atoms with Crippen LogP contribution in [-0.4, -0.2) is 18.2 Å². The van der Waals surface area contributed by atoms with Crippen LogP contribution in [0.2, 0.25) is 0 Å². The molecule has 0 aliphatic rings. The Morgan fingerprint density at radius 3 is 2.55 bits per heavy atom. The number of hydrogen-bond donors (Lipinski definition) is 1. The van der Waals surface area contributed by atoms with E-state index in [2.05, 4.69) is 9.82 Å². The Labute approximate surface area is 117 Å². The normalized spacial score (nSPS) is 11.2. The molecule has 7 heteroatoms. The van der Waals surface area contributed by atoms with Crippen molar-refractivity contribution in [3.8, 4) is 6.07 Å². The van der Waals surface area contributed by atoms with Gasteiger partial charge in [0, 0.05) is 25.4 Å². The molecule has 0 unspecified atom stereocenters. The summed E-state index contributed by atoms with van der Waals surface area (Å²) in [5.74, 6) is 0. The predicted molar refractivity (Wildman–Crippen MR) is 73.0 cm³/mol. The Kier molecular flexibility index (Phi) is 4.17. The van der Waals surface area contributed by atoms with Crippen molar-refractivity contribution < 1.29 is 8.42 Å². The zero-order valence-corrected chi connectivity index (χ0v) is 11.8. The van der Waals surface area contributed by atoms with Crippen LogP contribution in [0.3, 0.4) is 0 Å². The van der Waals surface area contributed by atoms with Gasteiger partial charge in [0.15, 0.2) is 0 Å². The number of nitrogens with one attached hydrogen (secondary N) is 1. The summed E-state index contributed by atoms with van der Waals surface area (Å²) in [6.45, 7) is 0.191. The molecular weight excluding hydrogens is 276 g/mol. The molecule has 2 rings (SSSR count). The van der Waals surface area contributed by atoms with Crippen molar-refractivity contribution in [3.05, 3.63) is 47.8 Å². The van der Waals surface area contributed by atoms with Crippen LogP contribution in [-0.2, 0) is 30.0 Å². The highest BCUT2D eigenvalue weighted by Gasteiger charge is 2.13. The summed E-state index contributed by atoms with van der Waals surface area (Å²) in [6, 6.07) is 8.29. The second-order valence-corrected chi connectivity index (χ2v) is 6.09. The standard InChI is InChI=1S/C13H14N4O2S/c1-17-10-12(8-15-17)9-16-20(18,19)13-4-2-11(3-5-13)6-7-14/h2-5,8,10,16H,6,9H2,1H3. The number of sulfonamides is 1. The van der Waals surface area contributed by atoms with Crippen molar-refractivity contribution in [3.63, 3.8) is 0 Å². The third kappa shape index (κ3) is 3.44. The molecular formula is C13H14N4O2S. The number of hydrogen-bond acceptors (Lipinski definition) is 4. The topological polar surface area (TPSA) is 87.8 Å². The van der Waals surface area contributed by atoms with Gasteiger partial charge in [-0.15, -0.1) is 0 Å². The zero-order valence-electron chi connectivity index (χ0n) is 10.9. The minimum Gasteiger partial charge on any atom is -0.275 e. The van der Waals surface area contributed by atoms with Crippen molar-refractivity contribution in [1.29, 1.82) is 5.26 Å². The molecule has 0 fully saturated rings. The van der Waals surface area contributed by atoms with E-state index < -0.39 is 10.0 Å². The van der Waals surface area contributed by atoms with Gasteiger partial charge in [-0.25, -0.2) is 13.1 Å². The van der Waals surface area contributed by atoms with Gasteiger partial charge in [-0.1, -0.05) is 12.1 Å². The fourth-order valence-electron chi connectivity index (χ4n) is 1.70. The Morgan fingerprint density at radius 2 is 2.00 bits per heavy atom. The Hall–Kier alpha value is -2.17. The number of nitriles is 1. The first-order valence-corrected chi connectivity index (χ1v) is 7.42. The summed E-state index contributed by atoms with van der Waals surface area (Å²) in [5, 5.41) is 12.5. The Balaban J connectivity index is 2.08. The average molecular weight is 290 g/mol. The minimum absolute atomic E-state index is 0.183. The van der Waals surface area contributed by atoms with E-state index >= 15 is 0 Å². The van der Waals surface area contributed by atoms with Crippen LogP contribution in [0.25, 0.3) is 0 Å². The first-order valence-electron chi connectivity index (χ1n) is 5.94. The number of rotatable bonds is 5. The smallest absolute Gasteiger partial charge is 0.240 e. The van der Waals surface area contributed by atoms with Crippen molar-refractivity contribution in [2.45, 2.75) is 17.9 Å². The summed E-state index contributed by atoms with van der Waals surface area (Å²) < 4.78 is 28.3. The van der Waals surface area contributed by atoms with Crippen molar-refractivity contribution in [2.75, 3.05) is 0 Å². The molecule has 0 aliphatic carbocycles. The fourth-order valence-corrected chi connectivity index (χ4v) is 2.72. The maximum atomic E-state index is 12.1. The lowest BCUT2D eigenvalue weighted by Gasteiger charge is -2.06. The van der Waals surface area contributed by atoms with Gasteiger partial charge in [0.25, 0.3) is 0 Å². The summed E-state index contributed by atoms with van der Waals surface area (Å²) in [7, 11) is -1.78. The number of aryl methyl sites for hydroxylation is 1. The van der Waals surface area contributed by atoms with E-state index in [0.717, 1.165) is 11.1 Å². The molecule has 2 aromatic rings. The fraction of sp³-hybridized carbons (Fsp3) is 0.231. The lowest BCUT2D eigenvalue weighted by Crippen LogP contribution is -2.23. The highest BCUT2D eigenvalue weighted by Crippen LogP contribution is 2.11. The van der Waals surface area contributed by atoms with Crippen LogP contribution >= 0.6 is 0 Å². The first kappa shape index (κ1) is 14.2. The molecule has 20 heavy (non-hydrogen) atoms. The molecule has 0 bridgehead atoms. The second kappa shape index (κ2) is 5.86. The van der Waals surface area contributed by atoms with Crippen molar-refractivity contribution in [1.82, 2.24) is 14.5 Å². The molecule has 1 aromatic carbocycles. The number of nitrogens with zero attached hydrogens (tertiary/aromatic N) is 3. The molecule has 6 nitrogen and oxygen atoms in total. The van der Waals surface area contributed by atoms with E-state index in [1.807, 2.05) is 6.07 Å². The van der Waals surface area contributed by atoms with Gasteiger partial charge in [0.2, 0.25) is 10.0 Å². The summed E-state index contributed by atoms with van der Waals surface area (Å²) in [4.78, 5) is 0.183. The van der Waals surface area contributed by atoms with Crippen LogP contribution in [0.5, 0.6) is 0 Å². The van der Waals surface area contributed by atoms with Crippen molar-refractivity contribution >= 4 is 10.0 Å². The number of benzene rings is 1. The van der Waals surface area contributed by atoms with Gasteiger partial charge in [-0.05, 0) is 17.7 Å². The van der Waals surface area contributed by atoms with Gasteiger partial charge in [0.1, 0.15) is 0 Å². The molecule has 1 N–H and O–H groups in total. The third-order valence-electron chi connectivity index (χ3n) is 2.74. The molecule has 0 radical (unpaired) electrons. The van der Waals surface area contributed by atoms with Gasteiger partial charge >= 0.3 is 0 Å². The highest BCUT2D eigenvalue weighted by molar-refractivity contribution is 7.89. The molecule has 104 valence electrons. The van der Waals surface area contributed by atoms with Gasteiger partial charge in [0.05, 0.1) is 23.6 Å². The van der Waals surface area contributed by atoms with E-state index in [9.17, 15) is 8.42 Å². The molecule has 0 aliphatic heterocycles. The first-order chi connectivity index (χ1) is 9.51. The van der Waals surface area contributed by atoms with Gasteiger partial charge < -0.3 is 0 Å². The van der Waals surface area contributed by atoms with E-state index in [0.29, 0.717) is 0 Å². The summed E-state index contributed by atoms with van der Waals surface area (Å²) in [6.07, 6.45) is 3.63. The van der Waals surface area contributed by atoms with E-state index in [1.54, 1.807) is 36.3 Å². The molecule has 0 atom stereocenters. The van der Waals surface area contributed by atoms with Crippen molar-refractivity contribution in [2.24, 2.45) is 7.05 Å². The molecule has 0 amide bonds. The molecule has 0 saturated heterocycles. The largest absolute Gasteiger partial charge is 0.275 e. The summed E-state index contributed by atoms with van der Waals surface area (Å²) >= 11 is 0. The zero-order chi connectivity index (χ0) is 14.6. The number of aromatic nitrogens is 2. The van der Waals surface area contributed by atoms with Crippen LogP contribution in [0.15, 0.2) is 41.6 Å². The molecule has 1 heterocycles. The predicted octanol–water partition coefficient (Wildman–Crippen LogP) is 0.965. The van der Waals surface area contributed by atoms with Crippen LogP contribution < -0.4 is 4.72 Å².